The summed E-state index contributed by atoms with van der Waals surface area (Å²) in [6.45, 7) is 3.15. The van der Waals surface area contributed by atoms with Crippen molar-refractivity contribution in [3.63, 3.8) is 0 Å². The highest BCUT2D eigenvalue weighted by atomic mass is 35.5. The molecule has 0 radical (unpaired) electrons. The first kappa shape index (κ1) is 20.3. The summed E-state index contributed by atoms with van der Waals surface area (Å²) in [6, 6.07) is 11.0. The molecule has 1 fully saturated rings. The average molecular weight is 403 g/mol. The van der Waals surface area contributed by atoms with Crippen molar-refractivity contribution in [1.29, 1.82) is 0 Å². The van der Waals surface area contributed by atoms with Crippen LogP contribution >= 0.6 is 11.6 Å². The first-order valence-corrected chi connectivity index (χ1v) is 10.1. The number of aromatic nitrogens is 1. The molecule has 0 atom stereocenters. The van der Waals surface area contributed by atoms with Crippen LogP contribution in [0.3, 0.4) is 0 Å². The van der Waals surface area contributed by atoms with Crippen LogP contribution in [0.2, 0.25) is 5.02 Å². The molecular formula is C21H27ClN4O2. The Bertz CT molecular complexity index is 831. The number of aryl methyl sites for hydroxylation is 1. The maximum atomic E-state index is 13.0. The van der Waals surface area contributed by atoms with Gasteiger partial charge in [-0.15, -0.1) is 0 Å². The molecule has 1 aromatic heterocycles. The monoisotopic (exact) mass is 402 g/mol. The molecule has 3 amide bonds. The van der Waals surface area contributed by atoms with Crippen LogP contribution < -0.4 is 5.32 Å². The fraction of sp³-hybridized carbons (Fsp3) is 0.429. The molecule has 6 nitrogen and oxygen atoms in total. The van der Waals surface area contributed by atoms with E-state index in [1.54, 1.807) is 29.2 Å². The van der Waals surface area contributed by atoms with Crippen LogP contribution in [-0.4, -0.2) is 45.4 Å². The molecule has 2 aromatic rings. The zero-order valence-corrected chi connectivity index (χ0v) is 17.2. The Morgan fingerprint density at radius 3 is 2.64 bits per heavy atom. The second-order valence-corrected chi connectivity index (χ2v) is 7.66. The zero-order valence-electron chi connectivity index (χ0n) is 16.4. The lowest BCUT2D eigenvalue weighted by Crippen LogP contribution is -2.45. The van der Waals surface area contributed by atoms with Crippen molar-refractivity contribution in [2.75, 3.05) is 18.4 Å². The van der Waals surface area contributed by atoms with Crippen molar-refractivity contribution in [2.45, 2.75) is 38.8 Å². The number of rotatable bonds is 8. The van der Waals surface area contributed by atoms with Crippen LogP contribution in [-0.2, 0) is 18.4 Å². The molecule has 1 aliphatic carbocycles. The third-order valence-electron chi connectivity index (χ3n) is 4.87. The molecule has 0 unspecified atom stereocenters. The highest BCUT2D eigenvalue weighted by molar-refractivity contribution is 6.30. The largest absolute Gasteiger partial charge is 0.353 e. The van der Waals surface area contributed by atoms with Gasteiger partial charge in [-0.05, 0) is 49.6 Å². The van der Waals surface area contributed by atoms with Crippen molar-refractivity contribution >= 4 is 29.2 Å². The minimum Gasteiger partial charge on any atom is -0.353 e. The molecule has 150 valence electrons. The number of carbonyl (C=O) groups excluding carboxylic acids is 2. The number of hydrogen-bond acceptors (Lipinski definition) is 2. The van der Waals surface area contributed by atoms with Crippen LogP contribution in [0.5, 0.6) is 0 Å². The number of anilines is 1. The van der Waals surface area contributed by atoms with Gasteiger partial charge in [-0.1, -0.05) is 24.6 Å². The molecule has 0 bridgehead atoms. The minimum atomic E-state index is -0.285. The number of carbonyl (C=O) groups is 2. The predicted octanol–water partition coefficient (Wildman–Crippen LogP) is 4.11. The molecule has 1 N–H and O–H groups in total. The molecule has 0 spiro atoms. The van der Waals surface area contributed by atoms with E-state index in [0.29, 0.717) is 23.8 Å². The standard InChI is InChI=1S/C21H27ClN4O2/c1-3-11-25(21(28)23-17-7-4-6-16(22)13-17)15-20(27)26(18-9-10-18)14-19-8-5-12-24(19)2/h4-8,12-13,18H,3,9-11,14-15H2,1-2H3,(H,23,28). The summed E-state index contributed by atoms with van der Waals surface area (Å²) in [6.07, 6.45) is 4.81. The number of halogens is 1. The van der Waals surface area contributed by atoms with Gasteiger partial charge in [0.15, 0.2) is 0 Å². The van der Waals surface area contributed by atoms with Crippen molar-refractivity contribution in [1.82, 2.24) is 14.4 Å². The van der Waals surface area contributed by atoms with E-state index >= 15 is 0 Å². The first-order valence-electron chi connectivity index (χ1n) is 9.69. The summed E-state index contributed by atoms with van der Waals surface area (Å²) in [7, 11) is 1.98. The zero-order chi connectivity index (χ0) is 20.1. The lowest BCUT2D eigenvalue weighted by atomic mass is 10.3. The van der Waals surface area contributed by atoms with E-state index < -0.39 is 0 Å². The minimum absolute atomic E-state index is 0.0154. The lowest BCUT2D eigenvalue weighted by molar-refractivity contribution is -0.133. The number of benzene rings is 1. The van der Waals surface area contributed by atoms with E-state index in [-0.39, 0.29) is 24.5 Å². The highest BCUT2D eigenvalue weighted by Gasteiger charge is 2.34. The van der Waals surface area contributed by atoms with Gasteiger partial charge in [-0.2, -0.15) is 0 Å². The van der Waals surface area contributed by atoms with E-state index in [2.05, 4.69) is 5.32 Å². The molecular weight excluding hydrogens is 376 g/mol. The molecule has 1 saturated carbocycles. The van der Waals surface area contributed by atoms with Crippen LogP contribution in [0.4, 0.5) is 10.5 Å². The molecule has 1 heterocycles. The van der Waals surface area contributed by atoms with E-state index in [9.17, 15) is 9.59 Å². The van der Waals surface area contributed by atoms with Gasteiger partial charge < -0.3 is 19.7 Å². The maximum absolute atomic E-state index is 13.0. The van der Waals surface area contributed by atoms with Gasteiger partial charge in [0.1, 0.15) is 6.54 Å². The molecule has 1 aromatic carbocycles. The van der Waals surface area contributed by atoms with Gasteiger partial charge in [-0.3, -0.25) is 4.79 Å². The van der Waals surface area contributed by atoms with E-state index in [1.807, 2.05) is 41.8 Å². The Labute approximate surface area is 171 Å². The average Bonchev–Trinajstić information content (AvgIpc) is 3.41. The molecule has 0 aliphatic heterocycles. The van der Waals surface area contributed by atoms with Crippen LogP contribution in [0.1, 0.15) is 31.9 Å². The maximum Gasteiger partial charge on any atom is 0.322 e. The third kappa shape index (κ3) is 5.29. The predicted molar refractivity (Wildman–Crippen MR) is 111 cm³/mol. The van der Waals surface area contributed by atoms with Gasteiger partial charge in [0.05, 0.1) is 6.54 Å². The quantitative estimate of drug-likeness (QED) is 0.722. The van der Waals surface area contributed by atoms with Gasteiger partial charge in [0, 0.05) is 42.2 Å². The number of urea groups is 1. The summed E-state index contributed by atoms with van der Waals surface area (Å²) in [5, 5.41) is 3.39. The molecule has 28 heavy (non-hydrogen) atoms. The summed E-state index contributed by atoms with van der Waals surface area (Å²) in [5.41, 5.74) is 1.71. The summed E-state index contributed by atoms with van der Waals surface area (Å²) in [5.74, 6) is -0.0154. The van der Waals surface area contributed by atoms with Gasteiger partial charge in [-0.25, -0.2) is 4.79 Å². The smallest absolute Gasteiger partial charge is 0.322 e. The number of nitrogens with one attached hydrogen (secondary N) is 1. The van der Waals surface area contributed by atoms with Crippen molar-refractivity contribution in [2.24, 2.45) is 7.05 Å². The molecule has 3 rings (SSSR count). The summed E-state index contributed by atoms with van der Waals surface area (Å²) in [4.78, 5) is 29.2. The highest BCUT2D eigenvalue weighted by Crippen LogP contribution is 2.28. The van der Waals surface area contributed by atoms with Crippen LogP contribution in [0.15, 0.2) is 42.6 Å². The van der Waals surface area contributed by atoms with Crippen LogP contribution in [0, 0.1) is 0 Å². The Balaban J connectivity index is 1.66. The van der Waals surface area contributed by atoms with Gasteiger partial charge in [0.2, 0.25) is 5.91 Å². The SMILES string of the molecule is CCCN(CC(=O)N(Cc1cccn1C)C1CC1)C(=O)Nc1cccc(Cl)c1. The first-order chi connectivity index (χ1) is 13.5. The van der Waals surface area contributed by atoms with Crippen LogP contribution in [0.25, 0.3) is 0 Å². The van der Waals surface area contributed by atoms with E-state index in [1.165, 1.54) is 0 Å². The number of amides is 3. The Hall–Kier alpha value is -2.47. The van der Waals surface area contributed by atoms with E-state index in [0.717, 1.165) is 25.0 Å². The Morgan fingerprint density at radius 2 is 2.04 bits per heavy atom. The van der Waals surface area contributed by atoms with Gasteiger partial charge in [0.25, 0.3) is 0 Å². The topological polar surface area (TPSA) is 57.6 Å². The molecule has 0 saturated heterocycles. The molecule has 1 aliphatic rings. The fourth-order valence-corrected chi connectivity index (χ4v) is 3.38. The van der Waals surface area contributed by atoms with E-state index in [4.69, 9.17) is 11.6 Å². The normalized spacial score (nSPS) is 13.2. The number of nitrogens with zero attached hydrogens (tertiary/aromatic N) is 3. The Kier molecular flexibility index (Phi) is 6.62. The van der Waals surface area contributed by atoms with Crippen molar-refractivity contribution in [3.05, 3.63) is 53.3 Å². The van der Waals surface area contributed by atoms with Crippen molar-refractivity contribution < 1.29 is 9.59 Å². The summed E-state index contributed by atoms with van der Waals surface area (Å²) >= 11 is 5.99. The molecule has 7 heteroatoms. The summed E-state index contributed by atoms with van der Waals surface area (Å²) < 4.78 is 2.03. The fourth-order valence-electron chi connectivity index (χ4n) is 3.19. The number of hydrogen-bond donors (Lipinski definition) is 1. The second-order valence-electron chi connectivity index (χ2n) is 7.23. The Morgan fingerprint density at radius 1 is 1.25 bits per heavy atom. The lowest BCUT2D eigenvalue weighted by Gasteiger charge is -2.28. The van der Waals surface area contributed by atoms with Crippen molar-refractivity contribution in [3.8, 4) is 0 Å². The van der Waals surface area contributed by atoms with Gasteiger partial charge >= 0.3 is 6.03 Å². The second kappa shape index (κ2) is 9.15. The third-order valence-corrected chi connectivity index (χ3v) is 5.11.